The van der Waals surface area contributed by atoms with Crippen LogP contribution in [-0.4, -0.2) is 11.5 Å². The van der Waals surface area contributed by atoms with Gasteiger partial charge in [-0.3, -0.25) is 0 Å². The molecule has 0 atom stereocenters. The van der Waals surface area contributed by atoms with Crippen molar-refractivity contribution < 1.29 is 4.74 Å². The minimum absolute atomic E-state index is 0.466. The molecule has 21 heavy (non-hydrogen) atoms. The maximum absolute atomic E-state index is 6.27. The normalized spacial score (nSPS) is 10.9. The molecule has 1 aromatic carbocycles. The Morgan fingerprint density at radius 3 is 2.81 bits per heavy atom. The number of benzene rings is 1. The first kappa shape index (κ1) is 16.6. The van der Waals surface area contributed by atoms with Crippen LogP contribution >= 0.6 is 34.5 Å². The number of aryl methyl sites for hydroxylation is 1. The fourth-order valence-electron chi connectivity index (χ4n) is 1.92. The molecule has 0 aliphatic rings. The lowest BCUT2D eigenvalue weighted by atomic mass is 10.2. The van der Waals surface area contributed by atoms with Crippen molar-refractivity contribution in [1.82, 2.24) is 10.3 Å². The molecule has 0 amide bonds. The molecule has 6 heteroatoms. The molecular weight excluding hydrogens is 327 g/mol. The number of hydrogen-bond acceptors (Lipinski definition) is 4. The Morgan fingerprint density at radius 1 is 1.33 bits per heavy atom. The molecule has 2 rings (SSSR count). The lowest BCUT2D eigenvalue weighted by Gasteiger charge is -2.14. The van der Waals surface area contributed by atoms with Crippen LogP contribution in [0, 0.1) is 6.92 Å². The summed E-state index contributed by atoms with van der Waals surface area (Å²) in [4.78, 5) is 5.30. The summed E-state index contributed by atoms with van der Waals surface area (Å²) in [6.45, 7) is 6.20. The fourth-order valence-corrected chi connectivity index (χ4v) is 3.22. The molecular formula is C15H18Cl2N2OS. The minimum atomic E-state index is 0.466. The zero-order valence-electron chi connectivity index (χ0n) is 12.1. The van der Waals surface area contributed by atoms with E-state index in [2.05, 4.69) is 17.2 Å². The van der Waals surface area contributed by atoms with Crippen molar-refractivity contribution in [3.63, 3.8) is 0 Å². The van der Waals surface area contributed by atoms with Crippen molar-refractivity contribution in [2.75, 3.05) is 6.54 Å². The zero-order valence-corrected chi connectivity index (χ0v) is 14.4. The highest BCUT2D eigenvalue weighted by molar-refractivity contribution is 7.11. The van der Waals surface area contributed by atoms with Gasteiger partial charge in [-0.1, -0.05) is 30.1 Å². The van der Waals surface area contributed by atoms with Gasteiger partial charge >= 0.3 is 0 Å². The monoisotopic (exact) mass is 344 g/mol. The predicted molar refractivity (Wildman–Crippen MR) is 89.6 cm³/mol. The first-order valence-electron chi connectivity index (χ1n) is 6.83. The largest absolute Gasteiger partial charge is 0.486 e. The van der Waals surface area contributed by atoms with Gasteiger partial charge < -0.3 is 10.1 Å². The predicted octanol–water partition coefficient (Wildman–Crippen LogP) is 4.84. The maximum Gasteiger partial charge on any atom is 0.143 e. The van der Waals surface area contributed by atoms with Gasteiger partial charge in [0.15, 0.2) is 0 Å². The number of halogens is 2. The highest BCUT2D eigenvalue weighted by atomic mass is 35.5. The van der Waals surface area contributed by atoms with Crippen molar-refractivity contribution >= 4 is 34.5 Å². The van der Waals surface area contributed by atoms with E-state index < -0.39 is 0 Å². The summed E-state index contributed by atoms with van der Waals surface area (Å²) in [7, 11) is 0. The zero-order chi connectivity index (χ0) is 15.2. The van der Waals surface area contributed by atoms with E-state index in [1.807, 2.05) is 19.2 Å². The summed E-state index contributed by atoms with van der Waals surface area (Å²) in [6.07, 6.45) is 2.91. The van der Waals surface area contributed by atoms with Crippen LogP contribution < -0.4 is 10.1 Å². The van der Waals surface area contributed by atoms with Crippen molar-refractivity contribution in [3.05, 3.63) is 43.8 Å². The van der Waals surface area contributed by atoms with Crippen LogP contribution in [0.2, 0.25) is 10.0 Å². The van der Waals surface area contributed by atoms with E-state index in [1.165, 1.54) is 0 Å². The van der Waals surface area contributed by atoms with Crippen LogP contribution in [0.5, 0.6) is 5.75 Å². The number of thiazole rings is 1. The van der Waals surface area contributed by atoms with Crippen LogP contribution in [0.4, 0.5) is 0 Å². The van der Waals surface area contributed by atoms with E-state index in [9.17, 15) is 0 Å². The fraction of sp³-hybridized carbons (Fsp3) is 0.400. The summed E-state index contributed by atoms with van der Waals surface area (Å²) < 4.78 is 5.89. The first-order chi connectivity index (χ1) is 10.1. The van der Waals surface area contributed by atoms with Crippen LogP contribution in [0.15, 0.2) is 18.3 Å². The molecule has 3 nitrogen and oxygen atoms in total. The number of hydrogen-bond donors (Lipinski definition) is 1. The van der Waals surface area contributed by atoms with Gasteiger partial charge in [0, 0.05) is 23.3 Å². The van der Waals surface area contributed by atoms with Gasteiger partial charge in [-0.25, -0.2) is 4.98 Å². The molecule has 0 saturated heterocycles. The van der Waals surface area contributed by atoms with Crippen LogP contribution in [-0.2, 0) is 13.2 Å². The molecule has 114 valence electrons. The van der Waals surface area contributed by atoms with E-state index in [-0.39, 0.29) is 0 Å². The highest BCUT2D eigenvalue weighted by Crippen LogP contribution is 2.33. The third-order valence-corrected chi connectivity index (χ3v) is 4.24. The molecule has 0 unspecified atom stereocenters. The summed E-state index contributed by atoms with van der Waals surface area (Å²) >= 11 is 14.0. The number of ether oxygens (including phenoxy) is 1. The van der Waals surface area contributed by atoms with Gasteiger partial charge in [-0.05, 0) is 32.0 Å². The van der Waals surface area contributed by atoms with Gasteiger partial charge in [0.2, 0.25) is 0 Å². The Bertz CT molecular complexity index is 601. The van der Waals surface area contributed by atoms with Crippen LogP contribution in [0.3, 0.4) is 0 Å². The second-order valence-electron chi connectivity index (χ2n) is 4.69. The van der Waals surface area contributed by atoms with Gasteiger partial charge in [-0.2, -0.15) is 0 Å². The average Bonchev–Trinajstić information content (AvgIpc) is 2.83. The smallest absolute Gasteiger partial charge is 0.143 e. The van der Waals surface area contributed by atoms with Gasteiger partial charge in [0.25, 0.3) is 0 Å². The molecule has 0 fully saturated rings. The van der Waals surface area contributed by atoms with E-state index in [1.54, 1.807) is 17.4 Å². The number of aromatic nitrogens is 1. The van der Waals surface area contributed by atoms with E-state index >= 15 is 0 Å². The Morgan fingerprint density at radius 2 is 2.14 bits per heavy atom. The Kier molecular flexibility index (Phi) is 6.30. The second kappa shape index (κ2) is 7.99. The van der Waals surface area contributed by atoms with E-state index in [0.29, 0.717) is 28.9 Å². The molecule has 1 N–H and O–H groups in total. The Balaban J connectivity index is 2.12. The topological polar surface area (TPSA) is 34.1 Å². The molecule has 0 aliphatic heterocycles. The summed E-state index contributed by atoms with van der Waals surface area (Å²) in [6, 6.07) is 3.60. The number of rotatable bonds is 7. The molecule has 1 heterocycles. The van der Waals surface area contributed by atoms with Gasteiger partial charge in [0.1, 0.15) is 12.4 Å². The lowest BCUT2D eigenvalue weighted by Crippen LogP contribution is -2.14. The molecule has 0 bridgehead atoms. The van der Waals surface area contributed by atoms with Crippen molar-refractivity contribution in [3.8, 4) is 5.75 Å². The van der Waals surface area contributed by atoms with E-state index in [4.69, 9.17) is 27.9 Å². The first-order valence-corrected chi connectivity index (χ1v) is 8.40. The lowest BCUT2D eigenvalue weighted by molar-refractivity contribution is 0.305. The number of nitrogens with zero attached hydrogens (tertiary/aromatic N) is 1. The molecule has 0 spiro atoms. The minimum Gasteiger partial charge on any atom is -0.486 e. The highest BCUT2D eigenvalue weighted by Gasteiger charge is 2.11. The van der Waals surface area contributed by atoms with Crippen molar-refractivity contribution in [2.24, 2.45) is 0 Å². The Hall–Kier alpha value is -0.810. The van der Waals surface area contributed by atoms with Crippen molar-refractivity contribution in [2.45, 2.75) is 33.4 Å². The molecule has 1 aromatic heterocycles. The van der Waals surface area contributed by atoms with Crippen molar-refractivity contribution in [1.29, 1.82) is 0 Å². The Labute approximate surface area is 139 Å². The molecule has 0 radical (unpaired) electrons. The van der Waals surface area contributed by atoms with E-state index in [0.717, 1.165) is 28.4 Å². The molecule has 0 saturated carbocycles. The average molecular weight is 345 g/mol. The summed E-state index contributed by atoms with van der Waals surface area (Å²) in [5.41, 5.74) is 0.974. The summed E-state index contributed by atoms with van der Waals surface area (Å²) in [5, 5.41) is 5.53. The standard InChI is InChI=1S/C15H18Cl2N2OS/c1-3-4-18-7-11-5-12(16)6-14(17)15(11)20-9-13-8-19-10(2)21-13/h5-6,8,18H,3-4,7,9H2,1-2H3. The maximum atomic E-state index is 6.27. The second-order valence-corrected chi connectivity index (χ2v) is 6.85. The summed E-state index contributed by atoms with van der Waals surface area (Å²) in [5.74, 6) is 0.690. The quantitative estimate of drug-likeness (QED) is 0.730. The SMILES string of the molecule is CCCNCc1cc(Cl)cc(Cl)c1OCc1cnc(C)s1. The number of nitrogens with one attached hydrogen (secondary N) is 1. The third kappa shape index (κ3) is 4.85. The van der Waals surface area contributed by atoms with Crippen LogP contribution in [0.1, 0.15) is 28.8 Å². The van der Waals surface area contributed by atoms with Gasteiger partial charge in [0.05, 0.1) is 14.9 Å². The third-order valence-electron chi connectivity index (χ3n) is 2.86. The van der Waals surface area contributed by atoms with Crippen LogP contribution in [0.25, 0.3) is 0 Å². The van der Waals surface area contributed by atoms with Gasteiger partial charge in [-0.15, -0.1) is 11.3 Å². The molecule has 2 aromatic rings. The molecule has 0 aliphatic carbocycles.